The highest BCUT2D eigenvalue weighted by atomic mass is 32.1. The maximum absolute atomic E-state index is 9.84. The molecule has 0 aliphatic heterocycles. The van der Waals surface area contributed by atoms with Crippen molar-refractivity contribution in [2.75, 3.05) is 17.2 Å². The fourth-order valence-corrected chi connectivity index (χ4v) is 5.89. The third kappa shape index (κ3) is 4.48. The molecule has 34 heavy (non-hydrogen) atoms. The highest BCUT2D eigenvalue weighted by Gasteiger charge is 2.38. The Labute approximate surface area is 203 Å². The summed E-state index contributed by atoms with van der Waals surface area (Å²) in [7, 11) is 0. The van der Waals surface area contributed by atoms with Crippen LogP contribution >= 0.6 is 11.3 Å². The molecule has 1 aromatic carbocycles. The van der Waals surface area contributed by atoms with Crippen LogP contribution in [0.1, 0.15) is 31.5 Å². The van der Waals surface area contributed by atoms with Gasteiger partial charge in [-0.25, -0.2) is 9.97 Å². The molecule has 4 aromatic rings. The normalized spacial score (nSPS) is 22.2. The lowest BCUT2D eigenvalue weighted by atomic mass is 9.92. The van der Waals surface area contributed by atoms with Gasteiger partial charge in [0.15, 0.2) is 0 Å². The van der Waals surface area contributed by atoms with Gasteiger partial charge in [0.1, 0.15) is 10.8 Å². The van der Waals surface area contributed by atoms with E-state index in [9.17, 15) is 5.11 Å². The van der Waals surface area contributed by atoms with Gasteiger partial charge in [0.25, 0.3) is 0 Å². The number of hydrogen-bond acceptors (Lipinski definition) is 8. The van der Waals surface area contributed by atoms with Crippen molar-refractivity contribution < 1.29 is 5.11 Å². The molecule has 1 saturated carbocycles. The predicted octanol–water partition coefficient (Wildman–Crippen LogP) is 5.13. The number of benzene rings is 1. The maximum atomic E-state index is 9.84. The minimum Gasteiger partial charge on any atom is -0.396 e. The molecule has 4 atom stereocenters. The van der Waals surface area contributed by atoms with E-state index in [2.05, 4.69) is 35.5 Å². The van der Waals surface area contributed by atoms with Crippen LogP contribution < -0.4 is 10.6 Å². The van der Waals surface area contributed by atoms with Crippen LogP contribution in [0.15, 0.2) is 48.8 Å². The second-order valence-electron chi connectivity index (χ2n) is 9.20. The molecule has 1 fully saturated rings. The van der Waals surface area contributed by atoms with Gasteiger partial charge in [0.05, 0.1) is 21.5 Å². The summed E-state index contributed by atoms with van der Waals surface area (Å²) in [6, 6.07) is 12.4. The van der Waals surface area contributed by atoms with Crippen molar-refractivity contribution in [1.29, 1.82) is 0 Å². The molecule has 1 aliphatic carbocycles. The molecule has 5 rings (SSSR count). The van der Waals surface area contributed by atoms with E-state index in [0.717, 1.165) is 44.3 Å². The molecule has 1 aliphatic rings. The molecule has 3 N–H and O–H groups in total. The number of aliphatic hydroxyl groups excluding tert-OH is 1. The van der Waals surface area contributed by atoms with Crippen molar-refractivity contribution in [3.8, 4) is 10.6 Å². The van der Waals surface area contributed by atoms with Gasteiger partial charge < -0.3 is 15.7 Å². The molecule has 0 saturated heterocycles. The number of pyridine rings is 1. The average molecular weight is 475 g/mol. The SMILES string of the molecule is Cc1nc(NCc2ccncc2)nc(N[C@@H]2C[C@H](CO)[C@@H](C)[C@H]2C)c1-c1nc2ccccc2s1. The summed E-state index contributed by atoms with van der Waals surface area (Å²) in [6.45, 7) is 7.34. The van der Waals surface area contributed by atoms with E-state index in [-0.39, 0.29) is 12.6 Å². The van der Waals surface area contributed by atoms with Gasteiger partial charge in [-0.1, -0.05) is 26.0 Å². The smallest absolute Gasteiger partial charge is 0.225 e. The Morgan fingerprint density at radius 2 is 1.82 bits per heavy atom. The number of nitrogens with zero attached hydrogens (tertiary/aromatic N) is 4. The lowest BCUT2D eigenvalue weighted by molar-refractivity contribution is 0.191. The van der Waals surface area contributed by atoms with Gasteiger partial charge in [-0.2, -0.15) is 4.98 Å². The molecule has 3 aromatic heterocycles. The fourth-order valence-electron chi connectivity index (χ4n) is 4.83. The number of para-hydroxylation sites is 1. The number of hydrogen-bond donors (Lipinski definition) is 3. The standard InChI is InChI=1S/C26H30N6OS/c1-15-16(2)21(12-19(15)14-33)30-24-23(25-31-20-6-4-5-7-22(20)34-25)17(3)29-26(32-24)28-13-18-8-10-27-11-9-18/h4-11,15-16,19,21,33H,12-14H2,1-3H3,(H2,28,29,30,32)/t15-,16+,19+,21+/m0/s1. The lowest BCUT2D eigenvalue weighted by Crippen LogP contribution is -2.25. The Hall–Kier alpha value is -3.10. The van der Waals surface area contributed by atoms with Gasteiger partial charge in [0.2, 0.25) is 5.95 Å². The highest BCUT2D eigenvalue weighted by Crippen LogP contribution is 2.41. The largest absolute Gasteiger partial charge is 0.396 e. The Bertz CT molecular complexity index is 1240. The van der Waals surface area contributed by atoms with Crippen LogP contribution in [-0.4, -0.2) is 37.7 Å². The average Bonchev–Trinajstić information content (AvgIpc) is 3.39. The lowest BCUT2D eigenvalue weighted by Gasteiger charge is -2.22. The fraction of sp³-hybridized carbons (Fsp3) is 0.385. The topological polar surface area (TPSA) is 95.9 Å². The zero-order valence-corrected chi connectivity index (χ0v) is 20.5. The summed E-state index contributed by atoms with van der Waals surface area (Å²) < 4.78 is 1.14. The summed E-state index contributed by atoms with van der Waals surface area (Å²) >= 11 is 1.66. The van der Waals surface area contributed by atoms with E-state index in [0.29, 0.717) is 30.2 Å². The first kappa shape index (κ1) is 22.7. The van der Waals surface area contributed by atoms with E-state index in [1.807, 2.05) is 37.3 Å². The minimum atomic E-state index is 0.218. The first-order valence-corrected chi connectivity index (χ1v) is 12.6. The number of anilines is 2. The van der Waals surface area contributed by atoms with Crippen molar-refractivity contribution in [2.45, 2.75) is 39.8 Å². The van der Waals surface area contributed by atoms with Crippen LogP contribution in [0.3, 0.4) is 0 Å². The molecule has 176 valence electrons. The number of aryl methyl sites for hydroxylation is 1. The summed E-state index contributed by atoms with van der Waals surface area (Å²) in [5.41, 5.74) is 3.93. The van der Waals surface area contributed by atoms with Crippen LogP contribution in [-0.2, 0) is 6.54 Å². The number of rotatable bonds is 7. The van der Waals surface area contributed by atoms with Gasteiger partial charge in [-0.15, -0.1) is 11.3 Å². The zero-order valence-electron chi connectivity index (χ0n) is 19.7. The first-order valence-electron chi connectivity index (χ1n) is 11.8. The summed E-state index contributed by atoms with van der Waals surface area (Å²) in [4.78, 5) is 18.7. The summed E-state index contributed by atoms with van der Waals surface area (Å²) in [5.74, 6) is 2.54. The highest BCUT2D eigenvalue weighted by molar-refractivity contribution is 7.21. The second kappa shape index (κ2) is 9.64. The van der Waals surface area contributed by atoms with Gasteiger partial charge in [0, 0.05) is 31.6 Å². The van der Waals surface area contributed by atoms with E-state index in [4.69, 9.17) is 15.0 Å². The Kier molecular flexibility index (Phi) is 6.43. The first-order chi connectivity index (χ1) is 16.5. The molecule has 0 radical (unpaired) electrons. The summed E-state index contributed by atoms with van der Waals surface area (Å²) in [5, 5.41) is 17.9. The Morgan fingerprint density at radius 3 is 2.56 bits per heavy atom. The van der Waals surface area contributed by atoms with Gasteiger partial charge in [-0.3, -0.25) is 4.98 Å². The van der Waals surface area contributed by atoms with E-state index in [1.54, 1.807) is 23.7 Å². The molecular formula is C26H30N6OS. The molecule has 8 heteroatoms. The molecular weight excluding hydrogens is 444 g/mol. The van der Waals surface area contributed by atoms with Gasteiger partial charge in [-0.05, 0) is 60.9 Å². The second-order valence-corrected chi connectivity index (χ2v) is 10.2. The van der Waals surface area contributed by atoms with Crippen molar-refractivity contribution in [1.82, 2.24) is 19.9 Å². The Morgan fingerprint density at radius 1 is 1.03 bits per heavy atom. The van der Waals surface area contributed by atoms with Crippen molar-refractivity contribution in [3.63, 3.8) is 0 Å². The predicted molar refractivity (Wildman–Crippen MR) is 138 cm³/mol. The van der Waals surface area contributed by atoms with Gasteiger partial charge >= 0.3 is 0 Å². The third-order valence-electron chi connectivity index (χ3n) is 7.12. The van der Waals surface area contributed by atoms with Crippen molar-refractivity contribution in [3.05, 3.63) is 60.0 Å². The molecule has 0 spiro atoms. The van der Waals surface area contributed by atoms with E-state index >= 15 is 0 Å². The third-order valence-corrected chi connectivity index (χ3v) is 8.17. The van der Waals surface area contributed by atoms with Crippen molar-refractivity contribution >= 4 is 33.3 Å². The number of thiazole rings is 1. The van der Waals surface area contributed by atoms with Crippen LogP contribution in [0.5, 0.6) is 0 Å². The number of fused-ring (bicyclic) bond motifs is 1. The van der Waals surface area contributed by atoms with E-state index < -0.39 is 0 Å². The molecule has 0 bridgehead atoms. The molecule has 7 nitrogen and oxygen atoms in total. The number of aromatic nitrogens is 4. The molecule has 3 heterocycles. The van der Waals surface area contributed by atoms with Crippen LogP contribution in [0.2, 0.25) is 0 Å². The molecule has 0 unspecified atom stereocenters. The minimum absolute atomic E-state index is 0.218. The van der Waals surface area contributed by atoms with E-state index in [1.165, 1.54) is 0 Å². The monoisotopic (exact) mass is 474 g/mol. The zero-order chi connectivity index (χ0) is 23.7. The number of nitrogens with one attached hydrogen (secondary N) is 2. The van der Waals surface area contributed by atoms with Crippen LogP contribution in [0.25, 0.3) is 20.8 Å². The summed E-state index contributed by atoms with van der Waals surface area (Å²) in [6.07, 6.45) is 4.49. The number of aliphatic hydroxyl groups is 1. The molecule has 0 amide bonds. The van der Waals surface area contributed by atoms with Crippen molar-refractivity contribution in [2.24, 2.45) is 17.8 Å². The quantitative estimate of drug-likeness (QED) is 0.341. The maximum Gasteiger partial charge on any atom is 0.225 e. The van der Waals surface area contributed by atoms with Crippen LogP contribution in [0, 0.1) is 24.7 Å². The Balaban J connectivity index is 1.51. The van der Waals surface area contributed by atoms with Crippen LogP contribution in [0.4, 0.5) is 11.8 Å².